The minimum absolute atomic E-state index is 0.532. The number of benzene rings is 1. The number of hydrogen-bond donors (Lipinski definition) is 1. The number of nitrogens with two attached hydrogens (primary N) is 1. The van der Waals surface area contributed by atoms with Crippen molar-refractivity contribution in [3.05, 3.63) is 29.4 Å². The number of nitrogens with zero attached hydrogens (tertiary/aromatic N) is 5. The van der Waals surface area contributed by atoms with Crippen LogP contribution >= 0.6 is 11.6 Å². The average Bonchev–Trinajstić information content (AvgIpc) is 3.04. The van der Waals surface area contributed by atoms with E-state index in [0.717, 1.165) is 35.5 Å². The van der Waals surface area contributed by atoms with Crippen molar-refractivity contribution >= 4 is 22.6 Å². The number of hydrogen-bond acceptors (Lipinski definition) is 4. The quantitative estimate of drug-likeness (QED) is 0.785. The Balaban J connectivity index is 2.12. The molecule has 6 nitrogen and oxygen atoms in total. The Labute approximate surface area is 127 Å². The molecule has 0 saturated carbocycles. The first kappa shape index (κ1) is 14.0. The zero-order valence-corrected chi connectivity index (χ0v) is 12.6. The molecule has 2 heterocycles. The number of rotatable bonds is 5. The summed E-state index contributed by atoms with van der Waals surface area (Å²) < 4.78 is 3.89. The molecule has 7 heteroatoms. The third kappa shape index (κ3) is 2.64. The molecule has 0 radical (unpaired) electrons. The van der Waals surface area contributed by atoms with Crippen molar-refractivity contribution in [1.82, 2.24) is 24.5 Å². The summed E-state index contributed by atoms with van der Waals surface area (Å²) in [5, 5.41) is 8.97. The summed E-state index contributed by atoms with van der Waals surface area (Å²) >= 11 is 6.05. The Kier molecular flexibility index (Phi) is 3.90. The van der Waals surface area contributed by atoms with Crippen LogP contribution in [0.15, 0.2) is 24.4 Å². The molecule has 0 aliphatic rings. The summed E-state index contributed by atoms with van der Waals surface area (Å²) in [5.41, 5.74) is 8.23. The fourth-order valence-corrected chi connectivity index (χ4v) is 2.56. The number of halogens is 1. The fraction of sp³-hybridized carbons (Fsp3) is 0.357. The van der Waals surface area contributed by atoms with Crippen LogP contribution in [0.1, 0.15) is 13.3 Å². The second-order valence-corrected chi connectivity index (χ2v) is 5.31. The highest BCUT2D eigenvalue weighted by molar-refractivity contribution is 6.31. The minimum Gasteiger partial charge on any atom is -0.329 e. The molecule has 0 aliphatic heterocycles. The molecule has 110 valence electrons. The molecule has 1 aromatic carbocycles. The standard InChI is InChI=1S/C14H17ClN6/c1-2-6-21-13-4-3-10(15)8-11(13)17-14(21)12-9-20(7-5-16)19-18-12/h3-4,8-9H,2,5-7,16H2,1H3. The first-order valence-corrected chi connectivity index (χ1v) is 7.37. The zero-order chi connectivity index (χ0) is 14.8. The molecule has 3 rings (SSSR count). The SMILES string of the molecule is CCCn1c(-c2cn(CCN)nn2)nc2cc(Cl)ccc21. The summed E-state index contributed by atoms with van der Waals surface area (Å²) in [6.45, 7) is 4.19. The van der Waals surface area contributed by atoms with Gasteiger partial charge in [0, 0.05) is 18.1 Å². The first-order chi connectivity index (χ1) is 10.2. The molecule has 0 unspecified atom stereocenters. The van der Waals surface area contributed by atoms with Gasteiger partial charge in [-0.1, -0.05) is 23.7 Å². The van der Waals surface area contributed by atoms with Gasteiger partial charge in [-0.2, -0.15) is 0 Å². The van der Waals surface area contributed by atoms with Gasteiger partial charge in [0.2, 0.25) is 0 Å². The third-order valence-electron chi connectivity index (χ3n) is 3.28. The van der Waals surface area contributed by atoms with Crippen molar-refractivity contribution in [3.8, 4) is 11.5 Å². The predicted molar refractivity (Wildman–Crippen MR) is 83.1 cm³/mol. The van der Waals surface area contributed by atoms with Crippen LogP contribution < -0.4 is 5.73 Å². The molecular weight excluding hydrogens is 288 g/mol. The van der Waals surface area contributed by atoms with E-state index in [1.54, 1.807) is 4.68 Å². The summed E-state index contributed by atoms with van der Waals surface area (Å²) in [6.07, 6.45) is 2.89. The smallest absolute Gasteiger partial charge is 0.163 e. The summed E-state index contributed by atoms with van der Waals surface area (Å²) in [7, 11) is 0. The molecule has 2 aromatic heterocycles. The van der Waals surface area contributed by atoms with Crippen LogP contribution in [-0.2, 0) is 13.1 Å². The van der Waals surface area contributed by atoms with E-state index in [4.69, 9.17) is 17.3 Å². The minimum atomic E-state index is 0.532. The molecule has 0 bridgehead atoms. The fourth-order valence-electron chi connectivity index (χ4n) is 2.39. The van der Waals surface area contributed by atoms with Crippen LogP contribution in [0.3, 0.4) is 0 Å². The van der Waals surface area contributed by atoms with Crippen LogP contribution in [-0.4, -0.2) is 31.1 Å². The van der Waals surface area contributed by atoms with Crippen molar-refractivity contribution in [2.24, 2.45) is 5.73 Å². The van der Waals surface area contributed by atoms with Crippen LogP contribution in [0, 0.1) is 0 Å². The second kappa shape index (κ2) is 5.83. The van der Waals surface area contributed by atoms with Gasteiger partial charge in [0.15, 0.2) is 5.82 Å². The second-order valence-electron chi connectivity index (χ2n) is 4.88. The van der Waals surface area contributed by atoms with Crippen LogP contribution in [0.5, 0.6) is 0 Å². The van der Waals surface area contributed by atoms with E-state index < -0.39 is 0 Å². The molecule has 0 aliphatic carbocycles. The van der Waals surface area contributed by atoms with Gasteiger partial charge in [-0.3, -0.25) is 4.68 Å². The highest BCUT2D eigenvalue weighted by Gasteiger charge is 2.15. The lowest BCUT2D eigenvalue weighted by molar-refractivity contribution is 0.598. The third-order valence-corrected chi connectivity index (χ3v) is 3.52. The molecule has 0 spiro atoms. The molecule has 21 heavy (non-hydrogen) atoms. The van der Waals surface area contributed by atoms with Gasteiger partial charge in [0.1, 0.15) is 5.69 Å². The molecular formula is C14H17ClN6. The maximum absolute atomic E-state index is 6.05. The Morgan fingerprint density at radius 2 is 2.14 bits per heavy atom. The Bertz CT molecular complexity index is 760. The first-order valence-electron chi connectivity index (χ1n) is 6.99. The van der Waals surface area contributed by atoms with E-state index in [1.807, 2.05) is 24.4 Å². The lowest BCUT2D eigenvalue weighted by atomic mass is 10.3. The van der Waals surface area contributed by atoms with E-state index >= 15 is 0 Å². The van der Waals surface area contributed by atoms with Crippen molar-refractivity contribution < 1.29 is 0 Å². The van der Waals surface area contributed by atoms with Crippen molar-refractivity contribution in [3.63, 3.8) is 0 Å². The van der Waals surface area contributed by atoms with E-state index in [2.05, 4.69) is 26.8 Å². The van der Waals surface area contributed by atoms with E-state index in [0.29, 0.717) is 18.1 Å². The molecule has 0 fully saturated rings. The monoisotopic (exact) mass is 304 g/mol. The molecule has 0 atom stereocenters. The largest absolute Gasteiger partial charge is 0.329 e. The Hall–Kier alpha value is -1.92. The van der Waals surface area contributed by atoms with Gasteiger partial charge in [-0.05, 0) is 24.6 Å². The molecule has 2 N–H and O–H groups in total. The van der Waals surface area contributed by atoms with Gasteiger partial charge in [0.05, 0.1) is 23.8 Å². The average molecular weight is 305 g/mol. The number of aryl methyl sites for hydroxylation is 1. The van der Waals surface area contributed by atoms with Crippen molar-refractivity contribution in [2.45, 2.75) is 26.4 Å². The van der Waals surface area contributed by atoms with E-state index in [-0.39, 0.29) is 0 Å². The highest BCUT2D eigenvalue weighted by atomic mass is 35.5. The van der Waals surface area contributed by atoms with Crippen molar-refractivity contribution in [1.29, 1.82) is 0 Å². The predicted octanol–water partition coefficient (Wildman–Crippen LogP) is 2.32. The van der Waals surface area contributed by atoms with Crippen LogP contribution in [0.4, 0.5) is 0 Å². The van der Waals surface area contributed by atoms with Gasteiger partial charge >= 0.3 is 0 Å². The number of aromatic nitrogens is 5. The Morgan fingerprint density at radius 3 is 2.90 bits per heavy atom. The summed E-state index contributed by atoms with van der Waals surface area (Å²) in [5.74, 6) is 0.817. The number of imidazole rings is 1. The number of fused-ring (bicyclic) bond motifs is 1. The van der Waals surface area contributed by atoms with Gasteiger partial charge in [-0.15, -0.1) is 5.10 Å². The lowest BCUT2D eigenvalue weighted by Crippen LogP contribution is -2.10. The highest BCUT2D eigenvalue weighted by Crippen LogP contribution is 2.25. The van der Waals surface area contributed by atoms with Gasteiger partial charge in [-0.25, -0.2) is 4.98 Å². The van der Waals surface area contributed by atoms with E-state index in [9.17, 15) is 0 Å². The molecule has 0 saturated heterocycles. The molecule has 3 aromatic rings. The van der Waals surface area contributed by atoms with Crippen LogP contribution in [0.2, 0.25) is 5.02 Å². The zero-order valence-electron chi connectivity index (χ0n) is 11.8. The summed E-state index contributed by atoms with van der Waals surface area (Å²) in [6, 6.07) is 5.75. The maximum Gasteiger partial charge on any atom is 0.163 e. The van der Waals surface area contributed by atoms with E-state index in [1.165, 1.54) is 0 Å². The van der Waals surface area contributed by atoms with Crippen LogP contribution in [0.25, 0.3) is 22.6 Å². The lowest BCUT2D eigenvalue weighted by Gasteiger charge is -2.05. The topological polar surface area (TPSA) is 74.5 Å². The van der Waals surface area contributed by atoms with Crippen molar-refractivity contribution in [2.75, 3.05) is 6.54 Å². The molecule has 0 amide bonds. The summed E-state index contributed by atoms with van der Waals surface area (Å²) in [4.78, 5) is 4.67. The Morgan fingerprint density at radius 1 is 1.29 bits per heavy atom. The maximum atomic E-state index is 6.05. The van der Waals surface area contributed by atoms with Gasteiger partial charge in [0.25, 0.3) is 0 Å². The normalized spacial score (nSPS) is 11.4. The van der Waals surface area contributed by atoms with Gasteiger partial charge < -0.3 is 10.3 Å².